The van der Waals surface area contributed by atoms with Gasteiger partial charge in [-0.2, -0.15) is 13.5 Å². The van der Waals surface area contributed by atoms with Gasteiger partial charge in [0.2, 0.25) is 35.8 Å². The van der Waals surface area contributed by atoms with Gasteiger partial charge < -0.3 is 105 Å². The van der Waals surface area contributed by atoms with Crippen LogP contribution in [-0.4, -0.2) is 301 Å². The molecule has 3 aromatic carbocycles. The number of anilines is 3. The Morgan fingerprint density at radius 2 is 1.42 bits per heavy atom. The Morgan fingerprint density at radius 1 is 0.724 bits per heavy atom. The number of ether oxygens (including phenoxy) is 9. The quantitative estimate of drug-likeness (QED) is 0.0148. The zero-order chi connectivity index (χ0) is 90.7. The van der Waals surface area contributed by atoms with Crippen LogP contribution in [0.2, 0.25) is 0 Å². The number of pyridine rings is 1. The number of likely N-dealkylation sites (N-methyl/N-ethyl adjacent to an activating group) is 1. The van der Waals surface area contributed by atoms with Gasteiger partial charge in [-0.25, -0.2) is 19.6 Å². The standard InChI is InChI=1S/C85H109N13O27S2/c1-51-57(55-13-15-66(93-73(55)79(111)112)96-25-19-53-8-7-9-56(58(53)42-96)77(109)94-81-92-60-10-5-6-11-65(60)126-81)41-89-98(51)43-59-54-39-83(2)48-84(3,40-54)50-85(59,49-83)123-31-27-95(4)82(113)122-45-52-12-14-63(124-80-76(108)75(107)74(106)64(44-99)125-80)61(38-52)90-68(101)18-22-86-70(103)46-121-30-24-88-78(110)62(47-127(114,115)116)91-69(102)21-28-117-32-34-119-36-37-120-35-33-118-29-23-87-67(100)20-26-97-71(104)16-17-72(97)105/h5-17,38,41,54,59,62,64,74-76,80,99,106-108H,18-37,39-40,42-50H2,1-4H3,(H,86,103)(H,87,100)(H,88,110)(H,90,101)(H,91,102)(H,111,112)(H,92,94,109)(H,114,115,116)/t54?,59?,62-,64-,74+,75+,76-,80-,83?,84?,85?/m1/s1. The van der Waals surface area contributed by atoms with Crippen molar-refractivity contribution in [1.29, 1.82) is 0 Å². The first-order valence-corrected chi connectivity index (χ1v) is 44.4. The molecule has 42 heteroatoms. The van der Waals surface area contributed by atoms with E-state index in [0.717, 1.165) is 76.2 Å². The van der Waals surface area contributed by atoms with E-state index in [1.165, 1.54) is 34.4 Å². The average molecular weight is 1810 g/mol. The Hall–Kier alpha value is -10.6. The van der Waals surface area contributed by atoms with Crippen molar-refractivity contribution in [3.05, 3.63) is 125 Å². The van der Waals surface area contributed by atoms with Gasteiger partial charge in [-0.3, -0.25) is 57.8 Å². The van der Waals surface area contributed by atoms with Crippen LogP contribution in [0, 0.1) is 29.6 Å². The molecule has 0 radical (unpaired) electrons. The van der Waals surface area contributed by atoms with Crippen molar-refractivity contribution in [1.82, 2.24) is 50.8 Å². The number of aliphatic hydroxyl groups is 4. The molecule has 688 valence electrons. The number of nitrogens with zero attached hydrogens (tertiary/aromatic N) is 7. The molecule has 4 saturated carbocycles. The highest BCUT2D eigenvalue weighted by atomic mass is 32.2. The van der Waals surface area contributed by atoms with Gasteiger partial charge in [0.05, 0.1) is 100 Å². The summed E-state index contributed by atoms with van der Waals surface area (Å²) in [7, 11) is -3.20. The number of carboxylic acids is 1. The van der Waals surface area contributed by atoms with Crippen molar-refractivity contribution < 1.29 is 129 Å². The molecule has 9 atom stereocenters. The molecular weight excluding hydrogens is 1700 g/mol. The Balaban J connectivity index is 0.573. The van der Waals surface area contributed by atoms with Gasteiger partial charge in [0.25, 0.3) is 27.8 Å². The van der Waals surface area contributed by atoms with Gasteiger partial charge in [0, 0.05) is 119 Å². The second-order valence-electron chi connectivity index (χ2n) is 33.0. The van der Waals surface area contributed by atoms with Gasteiger partial charge in [0.15, 0.2) is 10.8 Å². The van der Waals surface area contributed by atoms with Crippen molar-refractivity contribution in [2.75, 3.05) is 147 Å². The van der Waals surface area contributed by atoms with Crippen molar-refractivity contribution >= 4 is 108 Å². The fourth-order valence-corrected chi connectivity index (χ4v) is 19.3. The van der Waals surface area contributed by atoms with Crippen LogP contribution in [0.4, 0.5) is 21.4 Å². The van der Waals surface area contributed by atoms with Gasteiger partial charge >= 0.3 is 12.1 Å². The molecule has 3 aliphatic heterocycles. The Labute approximate surface area is 735 Å². The summed E-state index contributed by atoms with van der Waals surface area (Å²) in [5.74, 6) is -6.46. The highest BCUT2D eigenvalue weighted by Crippen LogP contribution is 2.69. The zero-order valence-electron chi connectivity index (χ0n) is 70.9. The van der Waals surface area contributed by atoms with Crippen molar-refractivity contribution in [2.24, 2.45) is 22.7 Å². The first-order valence-electron chi connectivity index (χ1n) is 42.0. The van der Waals surface area contributed by atoms with Crippen LogP contribution in [0.3, 0.4) is 0 Å². The van der Waals surface area contributed by atoms with E-state index in [0.29, 0.717) is 59.3 Å². The molecule has 0 spiro atoms. The molecule has 6 heterocycles. The van der Waals surface area contributed by atoms with Crippen molar-refractivity contribution in [2.45, 2.75) is 141 Å². The summed E-state index contributed by atoms with van der Waals surface area (Å²) in [5.41, 5.74) is 4.47. The maximum atomic E-state index is 13.9. The second-order valence-corrected chi connectivity index (χ2v) is 35.6. The molecule has 4 bridgehead atoms. The average Bonchev–Trinajstić information content (AvgIpc) is 1.18. The SMILES string of the molecule is Cc1c(-c2ccc(N3CCc4cccc(C(=O)Nc5nc6ccccc6s5)c4C3)nc2C(=O)O)cnn1CC1C2CC3(C)CC(C)(C2)CC1(OCCN(C)C(=O)OCc1ccc(O[C@@H]2O[C@H](CO)[C@H](O)[C@H](O)[C@H]2O)c(NC(=O)CCNC(=O)COCCNC(=O)[C@@H](CS(=O)(=O)O)NC(=O)CCOCCOCCOCCOCCNC(=O)CCN2C(=O)C=CC2=O)c1)C3. The topological polar surface area (TPSA) is 535 Å². The highest BCUT2D eigenvalue weighted by Gasteiger charge is 2.65. The van der Waals surface area contributed by atoms with Gasteiger partial charge in [-0.1, -0.05) is 55.5 Å². The monoisotopic (exact) mass is 1810 g/mol. The lowest BCUT2D eigenvalue weighted by Gasteiger charge is -2.68. The Kier molecular flexibility index (Phi) is 32.7. The number of benzene rings is 3. The van der Waals surface area contributed by atoms with E-state index >= 15 is 0 Å². The fourth-order valence-electron chi connectivity index (χ4n) is 17.8. The number of hydrogen-bond donors (Lipinski definition) is 12. The molecule has 9 amide bonds. The lowest BCUT2D eigenvalue weighted by molar-refractivity contribution is -0.277. The number of para-hydroxylation sites is 1. The number of aromatic nitrogens is 4. The maximum Gasteiger partial charge on any atom is 0.409 e. The van der Waals surface area contributed by atoms with E-state index in [1.807, 2.05) is 59.0 Å². The third-order valence-electron chi connectivity index (χ3n) is 23.3. The van der Waals surface area contributed by atoms with Crippen LogP contribution >= 0.6 is 11.3 Å². The number of nitrogens with one attached hydrogen (secondary N) is 6. The normalized spacial score (nSPS) is 22.5. The number of amides is 9. The molecular formula is C85H109N13O27S2. The molecule has 12 N–H and O–H groups in total. The van der Waals surface area contributed by atoms with E-state index in [9.17, 15) is 86.4 Å². The van der Waals surface area contributed by atoms with Crippen molar-refractivity contribution in [3.8, 4) is 16.9 Å². The number of aromatic carboxylic acids is 1. The second kappa shape index (κ2) is 43.5. The van der Waals surface area contributed by atoms with E-state index in [4.69, 9.17) is 52.7 Å². The van der Waals surface area contributed by atoms with E-state index in [1.54, 1.807) is 25.4 Å². The third kappa shape index (κ3) is 25.5. The predicted molar refractivity (Wildman–Crippen MR) is 454 cm³/mol. The first-order chi connectivity index (χ1) is 60.8. The minimum absolute atomic E-state index is 0.000291. The van der Waals surface area contributed by atoms with Crippen LogP contribution in [0.1, 0.15) is 108 Å². The number of carbonyl (C=O) groups is 10. The zero-order valence-corrected chi connectivity index (χ0v) is 72.5. The molecule has 5 fully saturated rings. The third-order valence-corrected chi connectivity index (χ3v) is 25.0. The smallest absolute Gasteiger partial charge is 0.409 e. The molecule has 3 aromatic heterocycles. The van der Waals surface area contributed by atoms with E-state index in [2.05, 4.69) is 50.7 Å². The van der Waals surface area contributed by atoms with Crippen LogP contribution in [0.5, 0.6) is 5.75 Å². The number of carboxylic acid groups (broad SMARTS) is 1. The molecule has 6 aromatic rings. The minimum atomic E-state index is -4.78. The summed E-state index contributed by atoms with van der Waals surface area (Å²) in [5, 5.41) is 73.4. The molecule has 4 aliphatic carbocycles. The highest BCUT2D eigenvalue weighted by molar-refractivity contribution is 7.85. The summed E-state index contributed by atoms with van der Waals surface area (Å²) < 4.78 is 87.5. The van der Waals surface area contributed by atoms with Crippen LogP contribution < -0.4 is 41.5 Å². The molecule has 40 nitrogen and oxygen atoms in total. The molecule has 1 saturated heterocycles. The number of aliphatic hydroxyl groups excluding tert-OH is 4. The summed E-state index contributed by atoms with van der Waals surface area (Å²) >= 11 is 1.39. The van der Waals surface area contributed by atoms with Crippen LogP contribution in [0.25, 0.3) is 21.3 Å². The van der Waals surface area contributed by atoms with Gasteiger partial charge in [-0.05, 0) is 121 Å². The van der Waals surface area contributed by atoms with Crippen LogP contribution in [-0.2, 0) is 108 Å². The van der Waals surface area contributed by atoms with Gasteiger partial charge in [0.1, 0.15) is 61.0 Å². The minimum Gasteiger partial charge on any atom is -0.476 e. The summed E-state index contributed by atoms with van der Waals surface area (Å²) in [4.78, 5) is 142. The number of carbonyl (C=O) groups excluding carboxylic acids is 9. The number of fused-ring (bicyclic) bond motifs is 2. The number of hydrogen-bond acceptors (Lipinski definition) is 30. The summed E-state index contributed by atoms with van der Waals surface area (Å²) in [6.45, 7) is 7.17. The number of thiazole rings is 1. The number of rotatable bonds is 47. The Morgan fingerprint density at radius 3 is 2.13 bits per heavy atom. The van der Waals surface area contributed by atoms with E-state index in [-0.39, 0.29) is 176 Å². The molecule has 3 unspecified atom stereocenters. The molecule has 127 heavy (non-hydrogen) atoms. The summed E-state index contributed by atoms with van der Waals surface area (Å²) in [6, 6.07) is 19.5. The first kappa shape index (κ1) is 95.5. The lowest BCUT2D eigenvalue weighted by Crippen LogP contribution is -2.65. The summed E-state index contributed by atoms with van der Waals surface area (Å²) in [6.07, 6.45) is -0.579. The lowest BCUT2D eigenvalue weighted by atomic mass is 9.40. The molecule has 13 rings (SSSR count). The largest absolute Gasteiger partial charge is 0.476 e. The fraction of sp³-hybridized carbons (Fsp3) is 0.541. The molecule has 7 aliphatic rings. The number of imide groups is 1. The van der Waals surface area contributed by atoms with Gasteiger partial charge in [-0.15, -0.1) is 0 Å². The Bertz CT molecular complexity index is 5040. The predicted octanol–water partition coefficient (Wildman–Crippen LogP) is 2.65. The van der Waals surface area contributed by atoms with Crippen LogP contribution in [0.15, 0.2) is 91.1 Å². The maximum absolute atomic E-state index is 13.9. The van der Waals surface area contributed by atoms with E-state index < -0.39 is 119 Å². The van der Waals surface area contributed by atoms with Crippen molar-refractivity contribution in [3.63, 3.8) is 0 Å².